The van der Waals surface area contributed by atoms with E-state index < -0.39 is 102 Å². The summed E-state index contributed by atoms with van der Waals surface area (Å²) in [5.74, 6) is -3.81. The van der Waals surface area contributed by atoms with Crippen molar-refractivity contribution in [1.82, 2.24) is 4.98 Å². The number of pyridine rings is 1. The molecule has 1 aromatic heterocycles. The molecule has 2 fully saturated rings. The Hall–Kier alpha value is -1.90. The van der Waals surface area contributed by atoms with Gasteiger partial charge in [-0.3, -0.25) is 9.78 Å². The standard InChI is InChI=1S/C26H33NO2/c1-17(28)29-20-10-12-25(2)19(15-20)6-7-21-23-9-8-22(18-5-4-14-27-16-18)26(23,3)13-11-24(21)25/h4-6,8,14,16,20-21,23-24H,7,9-13,15H2,1-3H3/t20-,21?,23?,24?,25-,26+/m0/s1/i2D3,3D3,4D,5D,6D,8D,9D2,14D,16D. The van der Waals surface area contributed by atoms with Crippen LogP contribution in [0, 0.1) is 28.6 Å². The molecule has 0 bridgehead atoms. The fourth-order valence-electron chi connectivity index (χ4n) is 5.90. The number of nitrogens with zero attached hydrogens (tertiary/aromatic N) is 1. The van der Waals surface area contributed by atoms with Crippen molar-refractivity contribution < 1.29 is 28.7 Å². The van der Waals surface area contributed by atoms with E-state index in [0.717, 1.165) is 0 Å². The van der Waals surface area contributed by atoms with Crippen LogP contribution >= 0.6 is 0 Å². The van der Waals surface area contributed by atoms with E-state index in [1.54, 1.807) is 0 Å². The topological polar surface area (TPSA) is 39.2 Å². The summed E-state index contributed by atoms with van der Waals surface area (Å²) in [6.07, 6.45) is -4.83. The molecule has 3 unspecified atom stereocenters. The van der Waals surface area contributed by atoms with E-state index in [9.17, 15) is 4.79 Å². The summed E-state index contributed by atoms with van der Waals surface area (Å²) in [6, 6.07) is -2.21. The van der Waals surface area contributed by atoms with Crippen molar-refractivity contribution in [2.75, 3.05) is 0 Å². The number of hydrogen-bond acceptors (Lipinski definition) is 3. The molecule has 5 rings (SSSR count). The number of rotatable bonds is 2. The van der Waals surface area contributed by atoms with Crippen molar-refractivity contribution in [3.8, 4) is 0 Å². The number of ether oxygens (including phenoxy) is 1. The Morgan fingerprint density at radius 3 is 2.97 bits per heavy atom. The Morgan fingerprint density at radius 2 is 2.14 bits per heavy atom. The van der Waals surface area contributed by atoms with Crippen LogP contribution in [-0.4, -0.2) is 17.1 Å². The Labute approximate surface area is 194 Å². The molecule has 3 nitrogen and oxygen atoms in total. The van der Waals surface area contributed by atoms with Gasteiger partial charge in [0, 0.05) is 36.7 Å². The maximum atomic E-state index is 11.7. The zero-order valence-corrected chi connectivity index (χ0v) is 16.3. The van der Waals surface area contributed by atoms with Crippen LogP contribution < -0.4 is 0 Å². The third-order valence-corrected chi connectivity index (χ3v) is 7.19. The van der Waals surface area contributed by atoms with E-state index in [1.807, 2.05) is 0 Å². The number of hydrogen-bond donors (Lipinski definition) is 0. The summed E-state index contributed by atoms with van der Waals surface area (Å²) in [5, 5.41) is 0. The minimum Gasteiger partial charge on any atom is -0.462 e. The van der Waals surface area contributed by atoms with Gasteiger partial charge in [0.2, 0.25) is 0 Å². The monoisotopic (exact) mass is 405 g/mol. The van der Waals surface area contributed by atoms with Gasteiger partial charge in [0.25, 0.3) is 0 Å². The van der Waals surface area contributed by atoms with Crippen molar-refractivity contribution in [2.45, 2.75) is 71.6 Å². The molecule has 4 aliphatic carbocycles. The zero-order chi connectivity index (χ0) is 32.2. The van der Waals surface area contributed by atoms with Gasteiger partial charge in [-0.05, 0) is 84.2 Å². The van der Waals surface area contributed by atoms with Crippen molar-refractivity contribution in [3.05, 3.63) is 47.7 Å². The van der Waals surface area contributed by atoms with Gasteiger partial charge in [-0.15, -0.1) is 0 Å². The van der Waals surface area contributed by atoms with Crippen LogP contribution in [0.4, 0.5) is 0 Å². The molecule has 154 valence electrons. The van der Waals surface area contributed by atoms with Gasteiger partial charge in [0.05, 0.1) is 8.22 Å². The highest BCUT2D eigenvalue weighted by Crippen LogP contribution is 2.66. The first kappa shape index (κ1) is 9.08. The summed E-state index contributed by atoms with van der Waals surface area (Å²) in [7, 11) is 0. The summed E-state index contributed by atoms with van der Waals surface area (Å²) in [5.41, 5.74) is -4.30. The van der Waals surface area contributed by atoms with Gasteiger partial charge in [-0.2, -0.15) is 0 Å². The molecule has 0 amide bonds. The smallest absolute Gasteiger partial charge is 0.302 e. The fourth-order valence-corrected chi connectivity index (χ4v) is 5.90. The van der Waals surface area contributed by atoms with Gasteiger partial charge < -0.3 is 4.74 Å². The summed E-state index contributed by atoms with van der Waals surface area (Å²) in [4.78, 5) is 15.4. The molecular formula is C26H33NO2. The van der Waals surface area contributed by atoms with Gasteiger partial charge in [0.1, 0.15) is 6.10 Å². The Morgan fingerprint density at radius 1 is 1.28 bits per heavy atom. The van der Waals surface area contributed by atoms with Crippen LogP contribution in [0.25, 0.3) is 5.57 Å². The molecule has 0 spiro atoms. The average Bonchev–Trinajstić information content (AvgIpc) is 3.05. The van der Waals surface area contributed by atoms with Gasteiger partial charge in [-0.1, -0.05) is 37.4 Å². The minimum atomic E-state index is -2.98. The normalized spacial score (nSPS) is 51.1. The third kappa shape index (κ3) is 2.92. The summed E-state index contributed by atoms with van der Waals surface area (Å²) in [6.45, 7) is -4.39. The number of carbonyl (C=O) groups excluding carboxylic acids is 1. The Bertz CT molecular complexity index is 1450. The van der Waals surface area contributed by atoms with E-state index in [4.69, 9.17) is 23.9 Å². The van der Waals surface area contributed by atoms with Crippen LogP contribution in [0.3, 0.4) is 0 Å². The summed E-state index contributed by atoms with van der Waals surface area (Å²) < 4.78 is 127. The van der Waals surface area contributed by atoms with E-state index in [0.29, 0.717) is 5.57 Å². The SMILES string of the molecule is [2H]C1=C2C[C@@H](OC(C)=O)CC[C@]2(C([2H])([2H])[2H])C2CC[C@]3(C([2H])([2H])[2H])C(c4c([2H])nc([2H])c([2H])c4[2H])=C([2H])C([2H])([2H])C3C2C1. The highest BCUT2D eigenvalue weighted by atomic mass is 16.5. The number of aromatic nitrogens is 1. The Balaban J connectivity index is 1.75. The second-order valence-electron chi connectivity index (χ2n) is 8.67. The van der Waals surface area contributed by atoms with Crippen LogP contribution in [0.5, 0.6) is 0 Å². The number of carbonyl (C=O) groups is 1. The molecule has 0 aromatic carbocycles. The van der Waals surface area contributed by atoms with E-state index in [1.165, 1.54) is 6.92 Å². The summed E-state index contributed by atoms with van der Waals surface area (Å²) >= 11 is 0. The van der Waals surface area contributed by atoms with Crippen LogP contribution in [0.1, 0.15) is 90.3 Å². The molecule has 0 aliphatic heterocycles. The quantitative estimate of drug-likeness (QED) is 0.449. The lowest BCUT2D eigenvalue weighted by molar-refractivity contribution is -0.148. The van der Waals surface area contributed by atoms with Crippen molar-refractivity contribution in [1.29, 1.82) is 0 Å². The molecule has 0 radical (unpaired) electrons. The van der Waals surface area contributed by atoms with Crippen LogP contribution in [0.2, 0.25) is 0 Å². The number of esters is 1. The van der Waals surface area contributed by atoms with E-state index >= 15 is 0 Å². The second-order valence-corrected chi connectivity index (χ2v) is 8.67. The zero-order valence-electron chi connectivity index (χ0n) is 30.3. The van der Waals surface area contributed by atoms with E-state index in [2.05, 4.69) is 4.98 Å². The van der Waals surface area contributed by atoms with Crippen molar-refractivity contribution in [2.24, 2.45) is 28.6 Å². The highest BCUT2D eigenvalue weighted by molar-refractivity contribution is 5.72. The second kappa shape index (κ2) is 6.82. The van der Waals surface area contributed by atoms with Gasteiger partial charge >= 0.3 is 5.97 Å². The molecule has 1 aromatic rings. The lowest BCUT2D eigenvalue weighted by Gasteiger charge is -2.57. The first-order chi connectivity index (χ1) is 19.6. The highest BCUT2D eigenvalue weighted by Gasteiger charge is 2.56. The fraction of sp³-hybridized carbons (Fsp3) is 0.615. The predicted molar refractivity (Wildman–Crippen MR) is 115 cm³/mol. The van der Waals surface area contributed by atoms with Crippen LogP contribution in [0.15, 0.2) is 42.1 Å². The van der Waals surface area contributed by atoms with Crippen LogP contribution in [-0.2, 0) is 9.53 Å². The molecule has 4 aliphatic rings. The maximum Gasteiger partial charge on any atom is 0.302 e. The van der Waals surface area contributed by atoms with E-state index in [-0.39, 0.29) is 44.6 Å². The van der Waals surface area contributed by atoms with Crippen molar-refractivity contribution in [3.63, 3.8) is 0 Å². The maximum absolute atomic E-state index is 11.7. The molecule has 1 heterocycles. The van der Waals surface area contributed by atoms with Gasteiger partial charge in [0.15, 0.2) is 0 Å². The third-order valence-electron chi connectivity index (χ3n) is 7.19. The largest absolute Gasteiger partial charge is 0.462 e. The lowest BCUT2D eigenvalue weighted by Crippen LogP contribution is -2.50. The number of allylic oxidation sites excluding steroid dienone is 3. The molecule has 0 N–H and O–H groups in total. The lowest BCUT2D eigenvalue weighted by atomic mass is 9.47. The first-order valence-corrected chi connectivity index (χ1v) is 10.2. The van der Waals surface area contributed by atoms with Gasteiger partial charge in [-0.25, -0.2) is 0 Å². The Kier molecular flexibility index (Phi) is 2.13. The molecule has 2 saturated carbocycles. The molecule has 3 heteroatoms. The molecule has 29 heavy (non-hydrogen) atoms. The minimum absolute atomic E-state index is 0.00181. The predicted octanol–water partition coefficient (Wildman–Crippen LogP) is 5.97. The molecular weight excluding hydrogens is 358 g/mol. The molecule has 6 atom stereocenters. The first-order valence-electron chi connectivity index (χ1n) is 17.2. The van der Waals surface area contributed by atoms with Crippen molar-refractivity contribution >= 4 is 11.5 Å². The molecule has 0 saturated heterocycles. The number of fused-ring (bicyclic) bond motifs is 5. The average molecular weight is 406 g/mol.